The van der Waals surface area contributed by atoms with Crippen LogP contribution in [0, 0.1) is 0 Å². The molecular formula is C9H11F3N2O. The van der Waals surface area contributed by atoms with E-state index in [1.165, 1.54) is 0 Å². The highest BCUT2D eigenvalue weighted by molar-refractivity contribution is 5.22. The molecule has 1 heterocycles. The average Bonchev–Trinajstić information content (AvgIpc) is 2.51. The van der Waals surface area contributed by atoms with Gasteiger partial charge in [-0.1, -0.05) is 11.6 Å². The number of hydrogen-bond acceptors (Lipinski definition) is 3. The fraction of sp³-hybridized carbons (Fsp3) is 0.667. The number of halogens is 3. The Bertz CT molecular complexity index is 349. The Morgan fingerprint density at radius 3 is 2.47 bits per heavy atom. The Hall–Kier alpha value is -1.04. The van der Waals surface area contributed by atoms with E-state index in [1.54, 1.807) is 0 Å². The van der Waals surface area contributed by atoms with Crippen LogP contribution < -0.4 is 5.73 Å². The number of aromatic nitrogens is 1. The lowest BCUT2D eigenvalue weighted by Crippen LogP contribution is -2.41. The summed E-state index contributed by atoms with van der Waals surface area (Å²) in [6.45, 7) is 0.316. The molecule has 1 aromatic heterocycles. The summed E-state index contributed by atoms with van der Waals surface area (Å²) in [7, 11) is 0. The van der Waals surface area contributed by atoms with E-state index in [1.807, 2.05) is 0 Å². The van der Waals surface area contributed by atoms with Crippen molar-refractivity contribution in [1.82, 2.24) is 5.16 Å². The largest absolute Gasteiger partial charge is 0.452 e. The Balaban J connectivity index is 2.27. The zero-order valence-corrected chi connectivity index (χ0v) is 7.97. The van der Waals surface area contributed by atoms with E-state index >= 15 is 0 Å². The van der Waals surface area contributed by atoms with Gasteiger partial charge >= 0.3 is 6.18 Å². The Kier molecular flexibility index (Phi) is 2.26. The van der Waals surface area contributed by atoms with Crippen LogP contribution in [0.5, 0.6) is 0 Å². The third kappa shape index (κ3) is 1.62. The Morgan fingerprint density at radius 1 is 1.47 bits per heavy atom. The molecule has 84 valence electrons. The van der Waals surface area contributed by atoms with Gasteiger partial charge in [0.1, 0.15) is 0 Å². The number of hydrogen-bond donors (Lipinski definition) is 1. The third-order valence-corrected chi connectivity index (χ3v) is 3.03. The topological polar surface area (TPSA) is 52.0 Å². The minimum atomic E-state index is -4.47. The first-order valence-electron chi connectivity index (χ1n) is 4.72. The smallest absolute Gasteiger partial charge is 0.351 e. The summed E-state index contributed by atoms with van der Waals surface area (Å²) >= 11 is 0. The van der Waals surface area contributed by atoms with Crippen LogP contribution in [0.1, 0.15) is 30.7 Å². The number of nitrogens with zero attached hydrogens (tertiary/aromatic N) is 1. The Labute approximate surface area is 84.4 Å². The average molecular weight is 220 g/mol. The van der Waals surface area contributed by atoms with Crippen molar-refractivity contribution >= 4 is 0 Å². The summed E-state index contributed by atoms with van der Waals surface area (Å²) in [5, 5.41) is 3.47. The van der Waals surface area contributed by atoms with Gasteiger partial charge in [0.15, 0.2) is 0 Å². The SMILES string of the molecule is NCC1(c2cc(C(F)(F)F)on2)CCC1. The molecule has 1 saturated carbocycles. The van der Waals surface area contributed by atoms with E-state index in [0.717, 1.165) is 25.3 Å². The fourth-order valence-electron chi connectivity index (χ4n) is 1.83. The van der Waals surface area contributed by atoms with Crippen molar-refractivity contribution in [2.24, 2.45) is 5.73 Å². The lowest BCUT2D eigenvalue weighted by molar-refractivity contribution is -0.155. The Morgan fingerprint density at radius 2 is 2.13 bits per heavy atom. The summed E-state index contributed by atoms with van der Waals surface area (Å²) < 4.78 is 41.0. The molecule has 0 atom stereocenters. The van der Waals surface area contributed by atoms with Crippen LogP contribution >= 0.6 is 0 Å². The highest BCUT2D eigenvalue weighted by Gasteiger charge is 2.43. The van der Waals surface area contributed by atoms with Crippen molar-refractivity contribution in [2.75, 3.05) is 6.54 Å². The summed E-state index contributed by atoms with van der Waals surface area (Å²) in [6, 6.07) is 0.964. The van der Waals surface area contributed by atoms with Gasteiger partial charge in [-0.3, -0.25) is 0 Å². The fourth-order valence-corrected chi connectivity index (χ4v) is 1.83. The monoisotopic (exact) mass is 220 g/mol. The van der Waals surface area contributed by atoms with Crippen LogP contribution in [-0.4, -0.2) is 11.7 Å². The van der Waals surface area contributed by atoms with Gasteiger partial charge in [0.2, 0.25) is 5.76 Å². The van der Waals surface area contributed by atoms with E-state index in [4.69, 9.17) is 5.73 Å². The normalized spacial score (nSPS) is 20.0. The van der Waals surface area contributed by atoms with Crippen LogP contribution in [0.4, 0.5) is 13.2 Å². The van der Waals surface area contributed by atoms with Gasteiger partial charge in [0.25, 0.3) is 0 Å². The van der Waals surface area contributed by atoms with Crippen LogP contribution in [-0.2, 0) is 11.6 Å². The lowest BCUT2D eigenvalue weighted by atomic mass is 9.66. The van der Waals surface area contributed by atoms with Gasteiger partial charge in [-0.15, -0.1) is 0 Å². The molecule has 0 bridgehead atoms. The molecule has 0 amide bonds. The van der Waals surface area contributed by atoms with Crippen molar-refractivity contribution in [2.45, 2.75) is 30.9 Å². The van der Waals surface area contributed by atoms with Crippen molar-refractivity contribution < 1.29 is 17.7 Å². The van der Waals surface area contributed by atoms with Gasteiger partial charge in [0.05, 0.1) is 5.69 Å². The van der Waals surface area contributed by atoms with Crippen LogP contribution in [0.3, 0.4) is 0 Å². The maximum atomic E-state index is 12.3. The molecule has 6 heteroatoms. The first-order chi connectivity index (χ1) is 6.98. The van der Waals surface area contributed by atoms with Crippen LogP contribution in [0.25, 0.3) is 0 Å². The van der Waals surface area contributed by atoms with Crippen LogP contribution in [0.15, 0.2) is 10.6 Å². The molecule has 0 aliphatic heterocycles. The second-order valence-corrected chi connectivity index (χ2v) is 3.91. The molecule has 0 saturated heterocycles. The molecule has 3 nitrogen and oxygen atoms in total. The minimum absolute atomic E-state index is 0.316. The van der Waals surface area contributed by atoms with Gasteiger partial charge < -0.3 is 10.3 Å². The molecule has 1 aliphatic carbocycles. The highest BCUT2D eigenvalue weighted by Crippen LogP contribution is 2.43. The van der Waals surface area contributed by atoms with Crippen molar-refractivity contribution in [3.8, 4) is 0 Å². The van der Waals surface area contributed by atoms with Crippen molar-refractivity contribution in [3.63, 3.8) is 0 Å². The van der Waals surface area contributed by atoms with E-state index in [2.05, 4.69) is 9.68 Å². The molecule has 2 N–H and O–H groups in total. The van der Waals surface area contributed by atoms with E-state index in [0.29, 0.717) is 12.2 Å². The van der Waals surface area contributed by atoms with Gasteiger partial charge in [0, 0.05) is 18.0 Å². The van der Waals surface area contributed by atoms with E-state index < -0.39 is 11.9 Å². The second-order valence-electron chi connectivity index (χ2n) is 3.91. The lowest BCUT2D eigenvalue weighted by Gasteiger charge is -2.38. The highest BCUT2D eigenvalue weighted by atomic mass is 19.4. The van der Waals surface area contributed by atoms with Crippen molar-refractivity contribution in [3.05, 3.63) is 17.5 Å². The molecule has 0 unspecified atom stereocenters. The molecule has 0 aromatic carbocycles. The molecule has 1 fully saturated rings. The maximum Gasteiger partial charge on any atom is 0.452 e. The molecule has 1 aliphatic rings. The van der Waals surface area contributed by atoms with E-state index in [9.17, 15) is 13.2 Å². The summed E-state index contributed by atoms with van der Waals surface area (Å²) in [5.41, 5.74) is 5.51. The van der Waals surface area contributed by atoms with Gasteiger partial charge in [-0.25, -0.2) is 0 Å². The summed E-state index contributed by atoms with van der Waals surface area (Å²) in [6.07, 6.45) is -1.92. The van der Waals surface area contributed by atoms with Gasteiger partial charge in [-0.05, 0) is 12.8 Å². The molecule has 1 aromatic rings. The minimum Gasteiger partial charge on any atom is -0.351 e. The first-order valence-corrected chi connectivity index (χ1v) is 4.72. The number of alkyl halides is 3. The first kappa shape index (κ1) is 10.5. The third-order valence-electron chi connectivity index (χ3n) is 3.03. The quantitative estimate of drug-likeness (QED) is 0.830. The zero-order valence-electron chi connectivity index (χ0n) is 7.97. The molecular weight excluding hydrogens is 209 g/mol. The predicted octanol–water partition coefficient (Wildman–Crippen LogP) is 2.07. The summed E-state index contributed by atoms with van der Waals surface area (Å²) in [4.78, 5) is 0. The van der Waals surface area contributed by atoms with Crippen LogP contribution in [0.2, 0.25) is 0 Å². The molecule has 0 radical (unpaired) electrons. The zero-order chi connectivity index (χ0) is 11.1. The molecule has 15 heavy (non-hydrogen) atoms. The number of rotatable bonds is 2. The van der Waals surface area contributed by atoms with Crippen molar-refractivity contribution in [1.29, 1.82) is 0 Å². The second kappa shape index (κ2) is 3.23. The maximum absolute atomic E-state index is 12.3. The standard InChI is InChI=1S/C9H11F3N2O/c10-9(11,12)7-4-6(14-15-7)8(5-13)2-1-3-8/h4H,1-3,5,13H2. The summed E-state index contributed by atoms with van der Waals surface area (Å²) in [5.74, 6) is -1.04. The number of nitrogens with two attached hydrogens (primary N) is 1. The molecule has 0 spiro atoms. The predicted molar refractivity (Wildman–Crippen MR) is 46.1 cm³/mol. The van der Waals surface area contributed by atoms with Gasteiger partial charge in [-0.2, -0.15) is 13.2 Å². The molecule has 2 rings (SSSR count). The van der Waals surface area contributed by atoms with E-state index in [-0.39, 0.29) is 5.41 Å².